The van der Waals surface area contributed by atoms with E-state index in [1.165, 1.54) is 30.3 Å². The van der Waals surface area contributed by atoms with Crippen molar-refractivity contribution in [1.29, 1.82) is 0 Å². The van der Waals surface area contributed by atoms with E-state index in [4.69, 9.17) is 23.2 Å². The molecule has 206 valence electrons. The molecule has 0 aromatic heterocycles. The zero-order valence-corrected chi connectivity index (χ0v) is 23.9. The summed E-state index contributed by atoms with van der Waals surface area (Å²) in [6.07, 6.45) is 0.648. The topological polar surface area (TPSA) is 95.6 Å². The van der Waals surface area contributed by atoms with Gasteiger partial charge >= 0.3 is 0 Å². The number of sulfonamides is 1. The zero-order chi connectivity index (χ0) is 28.7. The number of halogens is 2. The number of benzene rings is 4. The lowest BCUT2D eigenvalue weighted by Gasteiger charge is -2.25. The Morgan fingerprint density at radius 3 is 2.12 bits per heavy atom. The second-order valence-electron chi connectivity index (χ2n) is 9.04. The van der Waals surface area contributed by atoms with E-state index in [0.29, 0.717) is 13.0 Å². The lowest BCUT2D eigenvalue weighted by molar-refractivity contribution is -0.114. The van der Waals surface area contributed by atoms with E-state index in [-0.39, 0.29) is 37.8 Å². The molecule has 7 nitrogen and oxygen atoms in total. The molecule has 0 spiro atoms. The molecule has 0 radical (unpaired) electrons. The summed E-state index contributed by atoms with van der Waals surface area (Å²) in [5.41, 5.74) is 2.59. The molecule has 0 aliphatic heterocycles. The number of rotatable bonds is 10. The van der Waals surface area contributed by atoms with Gasteiger partial charge in [-0.15, -0.1) is 0 Å². The number of carbonyl (C=O) groups is 2. The van der Waals surface area contributed by atoms with Crippen LogP contribution in [0, 0.1) is 6.92 Å². The highest BCUT2D eigenvalue weighted by Gasteiger charge is 2.28. The molecule has 0 aliphatic carbocycles. The van der Waals surface area contributed by atoms with Crippen LogP contribution < -0.4 is 14.9 Å². The molecular weight excluding hydrogens is 569 g/mol. The molecule has 0 aliphatic rings. The largest absolute Gasteiger partial charge is 0.352 e. The molecule has 0 saturated heterocycles. The third kappa shape index (κ3) is 7.41. The maximum atomic E-state index is 13.7. The Morgan fingerprint density at radius 2 is 1.45 bits per heavy atom. The minimum Gasteiger partial charge on any atom is -0.352 e. The van der Waals surface area contributed by atoms with Crippen LogP contribution in [-0.4, -0.2) is 33.3 Å². The van der Waals surface area contributed by atoms with E-state index < -0.39 is 22.5 Å². The van der Waals surface area contributed by atoms with Crippen molar-refractivity contribution in [2.45, 2.75) is 18.2 Å². The summed E-state index contributed by atoms with van der Waals surface area (Å²) >= 11 is 12.3. The Labute approximate surface area is 243 Å². The van der Waals surface area contributed by atoms with Crippen LogP contribution in [0.5, 0.6) is 0 Å². The molecule has 0 saturated carbocycles. The fourth-order valence-electron chi connectivity index (χ4n) is 4.01. The van der Waals surface area contributed by atoms with Gasteiger partial charge in [0.1, 0.15) is 6.54 Å². The fraction of sp³-hybridized carbons (Fsp3) is 0.133. The van der Waals surface area contributed by atoms with Crippen molar-refractivity contribution in [2.24, 2.45) is 0 Å². The first-order valence-corrected chi connectivity index (χ1v) is 14.6. The highest BCUT2D eigenvalue weighted by molar-refractivity contribution is 7.92. The van der Waals surface area contributed by atoms with Crippen LogP contribution in [0.4, 0.5) is 11.4 Å². The maximum Gasteiger partial charge on any atom is 0.264 e. The van der Waals surface area contributed by atoms with E-state index in [1.807, 2.05) is 37.3 Å². The maximum absolute atomic E-state index is 13.7. The lowest BCUT2D eigenvalue weighted by Crippen LogP contribution is -2.38. The van der Waals surface area contributed by atoms with Crippen LogP contribution >= 0.6 is 23.2 Å². The lowest BCUT2D eigenvalue weighted by atomic mass is 10.1. The Hall–Kier alpha value is -3.85. The van der Waals surface area contributed by atoms with Crippen molar-refractivity contribution in [3.05, 3.63) is 124 Å². The molecule has 0 fully saturated rings. The summed E-state index contributed by atoms with van der Waals surface area (Å²) in [5.74, 6) is -1.02. The van der Waals surface area contributed by atoms with Crippen molar-refractivity contribution in [1.82, 2.24) is 5.32 Å². The highest BCUT2D eigenvalue weighted by Crippen LogP contribution is 2.30. The van der Waals surface area contributed by atoms with E-state index in [9.17, 15) is 18.0 Å². The molecule has 4 aromatic rings. The Bertz CT molecular complexity index is 1590. The van der Waals surface area contributed by atoms with Crippen molar-refractivity contribution in [3.63, 3.8) is 0 Å². The van der Waals surface area contributed by atoms with Gasteiger partial charge in [-0.1, -0.05) is 83.4 Å². The minimum absolute atomic E-state index is 0.000178. The summed E-state index contributed by atoms with van der Waals surface area (Å²) in [6, 6.07) is 26.9. The van der Waals surface area contributed by atoms with Crippen molar-refractivity contribution < 1.29 is 18.0 Å². The summed E-state index contributed by atoms with van der Waals surface area (Å²) in [4.78, 5) is 26.2. The Morgan fingerprint density at radius 1 is 0.825 bits per heavy atom. The molecule has 0 bridgehead atoms. The normalized spacial score (nSPS) is 11.1. The molecule has 4 aromatic carbocycles. The third-order valence-corrected chi connectivity index (χ3v) is 8.24. The average Bonchev–Trinajstić information content (AvgIpc) is 2.92. The molecule has 4 rings (SSSR count). The van der Waals surface area contributed by atoms with Gasteiger partial charge in [0.05, 0.1) is 21.8 Å². The number of hydrogen-bond acceptors (Lipinski definition) is 4. The number of nitrogens with one attached hydrogen (secondary N) is 2. The first-order valence-electron chi connectivity index (χ1n) is 12.4. The summed E-state index contributed by atoms with van der Waals surface area (Å²) < 4.78 is 28.3. The summed E-state index contributed by atoms with van der Waals surface area (Å²) in [5, 5.41) is 5.98. The van der Waals surface area contributed by atoms with Crippen LogP contribution in [0.2, 0.25) is 10.0 Å². The molecule has 0 atom stereocenters. The second-order valence-corrected chi connectivity index (χ2v) is 11.8. The molecule has 0 unspecified atom stereocenters. The minimum atomic E-state index is -4.18. The van der Waals surface area contributed by atoms with Crippen molar-refractivity contribution in [3.8, 4) is 0 Å². The van der Waals surface area contributed by atoms with Crippen LogP contribution in [0.3, 0.4) is 0 Å². The number of amides is 2. The number of carbonyl (C=O) groups excluding carboxylic acids is 2. The quantitative estimate of drug-likeness (QED) is 0.231. The number of anilines is 2. The predicted molar refractivity (Wildman–Crippen MR) is 160 cm³/mol. The third-order valence-electron chi connectivity index (χ3n) is 6.02. The molecule has 2 N–H and O–H groups in total. The zero-order valence-electron chi connectivity index (χ0n) is 21.6. The number of hydrogen-bond donors (Lipinski definition) is 2. The van der Waals surface area contributed by atoms with Gasteiger partial charge in [-0.2, -0.15) is 0 Å². The van der Waals surface area contributed by atoms with E-state index in [1.54, 1.807) is 36.4 Å². The van der Waals surface area contributed by atoms with E-state index >= 15 is 0 Å². The van der Waals surface area contributed by atoms with Crippen LogP contribution in [0.25, 0.3) is 0 Å². The Balaban J connectivity index is 1.55. The number of nitrogens with zero attached hydrogens (tertiary/aromatic N) is 1. The first kappa shape index (κ1) is 29.1. The fourth-order valence-corrected chi connectivity index (χ4v) is 5.93. The van der Waals surface area contributed by atoms with Gasteiger partial charge in [-0.25, -0.2) is 8.42 Å². The predicted octanol–water partition coefficient (Wildman–Crippen LogP) is 6.11. The highest BCUT2D eigenvalue weighted by atomic mass is 35.5. The van der Waals surface area contributed by atoms with Gasteiger partial charge < -0.3 is 10.6 Å². The summed E-state index contributed by atoms with van der Waals surface area (Å²) in [7, 11) is -4.18. The van der Waals surface area contributed by atoms with Gasteiger partial charge in [0.2, 0.25) is 5.91 Å². The van der Waals surface area contributed by atoms with Gasteiger partial charge in [0.25, 0.3) is 15.9 Å². The number of aryl methyl sites for hydroxylation is 1. The molecule has 40 heavy (non-hydrogen) atoms. The summed E-state index contributed by atoms with van der Waals surface area (Å²) in [6.45, 7) is 1.66. The van der Waals surface area contributed by atoms with Crippen molar-refractivity contribution in [2.75, 3.05) is 22.7 Å². The van der Waals surface area contributed by atoms with Gasteiger partial charge in [-0.3, -0.25) is 13.9 Å². The van der Waals surface area contributed by atoms with Gasteiger partial charge in [-0.05, 0) is 61.4 Å². The van der Waals surface area contributed by atoms with Gasteiger partial charge in [0.15, 0.2) is 0 Å². The van der Waals surface area contributed by atoms with E-state index in [0.717, 1.165) is 15.4 Å². The average molecular weight is 597 g/mol. The van der Waals surface area contributed by atoms with Crippen LogP contribution in [-0.2, 0) is 21.2 Å². The van der Waals surface area contributed by atoms with E-state index in [2.05, 4.69) is 10.6 Å². The van der Waals surface area contributed by atoms with Crippen LogP contribution in [0.15, 0.2) is 102 Å². The Kier molecular flexibility index (Phi) is 9.47. The van der Waals surface area contributed by atoms with Gasteiger partial charge in [0, 0.05) is 16.6 Å². The smallest absolute Gasteiger partial charge is 0.264 e. The molecule has 10 heteroatoms. The van der Waals surface area contributed by atoms with Crippen molar-refractivity contribution >= 4 is 56.4 Å². The number of para-hydroxylation sites is 1. The first-order chi connectivity index (χ1) is 19.1. The molecular formula is C30H27Cl2N3O4S. The standard InChI is InChI=1S/C30H27Cl2N3O4S/c1-21-11-13-26(14-12-21)40(38,39)35(25-18-23(31)17-24(32)19-25)20-29(36)34-28-10-6-5-9-27(28)30(37)33-16-15-22-7-3-2-4-8-22/h2-14,17-19H,15-16,20H2,1H3,(H,33,37)(H,34,36). The second kappa shape index (κ2) is 13.0. The SMILES string of the molecule is Cc1ccc(S(=O)(=O)N(CC(=O)Nc2ccccc2C(=O)NCCc2ccccc2)c2cc(Cl)cc(Cl)c2)cc1. The molecule has 2 amide bonds. The monoisotopic (exact) mass is 595 g/mol. The molecule has 0 heterocycles. The van der Waals surface area contributed by atoms with Crippen LogP contribution in [0.1, 0.15) is 21.5 Å².